The van der Waals surface area contributed by atoms with E-state index < -0.39 is 0 Å². The molecule has 1 heterocycles. The third-order valence-corrected chi connectivity index (χ3v) is 4.47. The molecule has 0 spiro atoms. The summed E-state index contributed by atoms with van der Waals surface area (Å²) in [4.78, 5) is 26.5. The van der Waals surface area contributed by atoms with Crippen molar-refractivity contribution in [3.63, 3.8) is 0 Å². The molecule has 2 rings (SSSR count). The Morgan fingerprint density at radius 3 is 2.65 bits per heavy atom. The first-order valence-electron chi connectivity index (χ1n) is 8.46. The fourth-order valence-corrected chi connectivity index (χ4v) is 2.92. The van der Waals surface area contributed by atoms with Gasteiger partial charge in [-0.05, 0) is 43.9 Å². The summed E-state index contributed by atoms with van der Waals surface area (Å²) in [7, 11) is 0. The molecule has 5 nitrogen and oxygen atoms in total. The van der Waals surface area contributed by atoms with E-state index in [-0.39, 0.29) is 17.7 Å². The van der Waals surface area contributed by atoms with Gasteiger partial charge in [-0.15, -0.1) is 0 Å². The van der Waals surface area contributed by atoms with Gasteiger partial charge in [0.2, 0.25) is 5.91 Å². The number of amides is 2. The summed E-state index contributed by atoms with van der Waals surface area (Å²) in [6, 6.07) is 5.41. The maximum Gasteiger partial charge on any atom is 0.254 e. The highest BCUT2D eigenvalue weighted by atomic mass is 16.2. The molecule has 5 heteroatoms. The van der Waals surface area contributed by atoms with Gasteiger partial charge in [0.1, 0.15) is 0 Å². The summed E-state index contributed by atoms with van der Waals surface area (Å²) >= 11 is 0. The van der Waals surface area contributed by atoms with Gasteiger partial charge in [0, 0.05) is 36.8 Å². The van der Waals surface area contributed by atoms with E-state index in [2.05, 4.69) is 12.2 Å². The molecule has 1 fully saturated rings. The molecule has 0 unspecified atom stereocenters. The SMILES string of the molecule is CCCCNC(=O)C1CCN(C(=O)c2cc(N)ccc2C)CC1. The molecule has 0 aromatic heterocycles. The maximum atomic E-state index is 12.6. The number of rotatable bonds is 5. The smallest absolute Gasteiger partial charge is 0.254 e. The second-order valence-electron chi connectivity index (χ2n) is 6.29. The third kappa shape index (κ3) is 4.47. The van der Waals surface area contributed by atoms with E-state index in [0.717, 1.165) is 37.8 Å². The van der Waals surface area contributed by atoms with Crippen molar-refractivity contribution < 1.29 is 9.59 Å². The predicted molar refractivity (Wildman–Crippen MR) is 92.1 cm³/mol. The molecule has 1 aromatic rings. The number of likely N-dealkylation sites (tertiary alicyclic amines) is 1. The third-order valence-electron chi connectivity index (χ3n) is 4.47. The predicted octanol–water partition coefficient (Wildman–Crippen LogP) is 2.35. The topological polar surface area (TPSA) is 75.4 Å². The van der Waals surface area contributed by atoms with Crippen LogP contribution in [0.2, 0.25) is 0 Å². The van der Waals surface area contributed by atoms with E-state index in [0.29, 0.717) is 24.3 Å². The van der Waals surface area contributed by atoms with Crippen molar-refractivity contribution in [2.45, 2.75) is 39.5 Å². The Morgan fingerprint density at radius 2 is 2.00 bits per heavy atom. The van der Waals surface area contributed by atoms with Crippen LogP contribution in [0.4, 0.5) is 5.69 Å². The van der Waals surface area contributed by atoms with Crippen LogP contribution in [0, 0.1) is 12.8 Å². The van der Waals surface area contributed by atoms with Gasteiger partial charge in [-0.3, -0.25) is 9.59 Å². The van der Waals surface area contributed by atoms with Crippen LogP contribution in [-0.2, 0) is 4.79 Å². The van der Waals surface area contributed by atoms with E-state index in [1.807, 2.05) is 17.9 Å². The van der Waals surface area contributed by atoms with Gasteiger partial charge in [-0.25, -0.2) is 0 Å². The van der Waals surface area contributed by atoms with Gasteiger partial charge >= 0.3 is 0 Å². The van der Waals surface area contributed by atoms with Gasteiger partial charge in [0.25, 0.3) is 5.91 Å². The zero-order valence-corrected chi connectivity index (χ0v) is 14.1. The highest BCUT2D eigenvalue weighted by molar-refractivity contribution is 5.96. The van der Waals surface area contributed by atoms with Crippen molar-refractivity contribution in [2.75, 3.05) is 25.4 Å². The Balaban J connectivity index is 1.90. The molecular weight excluding hydrogens is 290 g/mol. The molecular formula is C18H27N3O2. The number of nitrogens with one attached hydrogen (secondary N) is 1. The Labute approximate surface area is 138 Å². The number of nitrogens with zero attached hydrogens (tertiary/aromatic N) is 1. The molecule has 0 bridgehead atoms. The van der Waals surface area contributed by atoms with E-state index >= 15 is 0 Å². The van der Waals surface area contributed by atoms with Crippen LogP contribution < -0.4 is 11.1 Å². The highest BCUT2D eigenvalue weighted by Crippen LogP contribution is 2.21. The standard InChI is InChI=1S/C18H27N3O2/c1-3-4-9-20-17(22)14-7-10-21(11-8-14)18(23)16-12-15(19)6-5-13(16)2/h5-6,12,14H,3-4,7-11,19H2,1-2H3,(H,20,22). The molecule has 0 radical (unpaired) electrons. The number of hydrogen-bond acceptors (Lipinski definition) is 3. The van der Waals surface area contributed by atoms with Crippen molar-refractivity contribution in [1.82, 2.24) is 10.2 Å². The van der Waals surface area contributed by atoms with Crippen molar-refractivity contribution in [2.24, 2.45) is 5.92 Å². The number of aryl methyl sites for hydroxylation is 1. The fourth-order valence-electron chi connectivity index (χ4n) is 2.92. The second-order valence-corrected chi connectivity index (χ2v) is 6.29. The Bertz CT molecular complexity index is 563. The number of carbonyl (C=O) groups is 2. The minimum absolute atomic E-state index is 0.0136. The number of carbonyl (C=O) groups excluding carboxylic acids is 2. The van der Waals surface area contributed by atoms with E-state index in [1.54, 1.807) is 12.1 Å². The number of hydrogen-bond donors (Lipinski definition) is 2. The average Bonchev–Trinajstić information content (AvgIpc) is 2.56. The molecule has 0 aliphatic carbocycles. The number of nitrogens with two attached hydrogens (primary N) is 1. The lowest BCUT2D eigenvalue weighted by Crippen LogP contribution is -2.43. The van der Waals surface area contributed by atoms with E-state index in [9.17, 15) is 9.59 Å². The van der Waals surface area contributed by atoms with Gasteiger partial charge in [0.05, 0.1) is 0 Å². The summed E-state index contributed by atoms with van der Waals surface area (Å²) in [5.74, 6) is 0.170. The fraction of sp³-hybridized carbons (Fsp3) is 0.556. The summed E-state index contributed by atoms with van der Waals surface area (Å²) < 4.78 is 0. The van der Waals surface area contributed by atoms with Crippen molar-refractivity contribution >= 4 is 17.5 Å². The van der Waals surface area contributed by atoms with Crippen LogP contribution in [0.3, 0.4) is 0 Å². The van der Waals surface area contributed by atoms with Gasteiger partial charge in [-0.2, -0.15) is 0 Å². The quantitative estimate of drug-likeness (QED) is 0.646. The first kappa shape index (κ1) is 17.3. The molecule has 0 atom stereocenters. The molecule has 23 heavy (non-hydrogen) atoms. The zero-order valence-electron chi connectivity index (χ0n) is 14.1. The molecule has 1 aliphatic heterocycles. The van der Waals surface area contributed by atoms with Crippen LogP contribution in [0.25, 0.3) is 0 Å². The minimum atomic E-state index is 0.0136. The van der Waals surface area contributed by atoms with Gasteiger partial charge < -0.3 is 16.0 Å². The first-order chi connectivity index (χ1) is 11.0. The number of benzene rings is 1. The summed E-state index contributed by atoms with van der Waals surface area (Å²) in [5.41, 5.74) is 7.99. The van der Waals surface area contributed by atoms with E-state index in [1.165, 1.54) is 0 Å². The van der Waals surface area contributed by atoms with Gasteiger partial charge in [0.15, 0.2) is 0 Å². The van der Waals surface area contributed by atoms with Crippen molar-refractivity contribution in [3.05, 3.63) is 29.3 Å². The highest BCUT2D eigenvalue weighted by Gasteiger charge is 2.28. The van der Waals surface area contributed by atoms with Gasteiger partial charge in [-0.1, -0.05) is 19.4 Å². The summed E-state index contributed by atoms with van der Waals surface area (Å²) in [5, 5.41) is 2.99. The molecule has 2 amide bonds. The molecule has 3 N–H and O–H groups in total. The lowest BCUT2D eigenvalue weighted by atomic mass is 9.95. The first-order valence-corrected chi connectivity index (χ1v) is 8.46. The van der Waals surface area contributed by atoms with Crippen molar-refractivity contribution in [3.8, 4) is 0 Å². The zero-order chi connectivity index (χ0) is 16.8. The summed E-state index contributed by atoms with van der Waals surface area (Å²) in [6.45, 7) is 6.02. The number of piperidine rings is 1. The van der Waals surface area contributed by atoms with E-state index in [4.69, 9.17) is 5.73 Å². The van der Waals surface area contributed by atoms with Crippen LogP contribution in [0.15, 0.2) is 18.2 Å². The average molecular weight is 317 g/mol. The minimum Gasteiger partial charge on any atom is -0.399 e. The Hall–Kier alpha value is -2.04. The van der Waals surface area contributed by atoms with Crippen LogP contribution >= 0.6 is 0 Å². The number of nitrogen functional groups attached to an aromatic ring is 1. The lowest BCUT2D eigenvalue weighted by molar-refractivity contribution is -0.126. The van der Waals surface area contributed by atoms with Crippen LogP contribution in [0.1, 0.15) is 48.5 Å². The molecule has 1 saturated heterocycles. The Kier molecular flexibility index (Phi) is 6.02. The molecule has 0 saturated carbocycles. The summed E-state index contributed by atoms with van der Waals surface area (Å²) in [6.07, 6.45) is 3.54. The monoisotopic (exact) mass is 317 g/mol. The van der Waals surface area contributed by atoms with Crippen LogP contribution in [0.5, 0.6) is 0 Å². The Morgan fingerprint density at radius 1 is 1.30 bits per heavy atom. The maximum absolute atomic E-state index is 12.6. The van der Waals surface area contributed by atoms with Crippen LogP contribution in [-0.4, -0.2) is 36.3 Å². The largest absolute Gasteiger partial charge is 0.399 e. The number of anilines is 1. The molecule has 1 aromatic carbocycles. The molecule has 126 valence electrons. The number of unbranched alkanes of at least 4 members (excludes halogenated alkanes) is 1. The van der Waals surface area contributed by atoms with Crippen molar-refractivity contribution in [1.29, 1.82) is 0 Å². The lowest BCUT2D eigenvalue weighted by Gasteiger charge is -2.31. The molecule has 1 aliphatic rings. The normalized spacial score (nSPS) is 15.5. The second kappa shape index (κ2) is 7.99.